The lowest BCUT2D eigenvalue weighted by Crippen LogP contribution is -2.47. The molecule has 0 spiro atoms. The second-order valence-electron chi connectivity index (χ2n) is 8.10. The highest BCUT2D eigenvalue weighted by Crippen LogP contribution is 2.37. The first-order chi connectivity index (χ1) is 13.8. The Labute approximate surface area is 174 Å². The number of hydrogen-bond donors (Lipinski definition) is 2. The zero-order valence-corrected chi connectivity index (χ0v) is 18.2. The Bertz CT molecular complexity index is 841. The Morgan fingerprint density at radius 2 is 1.24 bits per heavy atom. The minimum Gasteiger partial charge on any atom is -0.512 e. The van der Waals surface area contributed by atoms with Crippen molar-refractivity contribution in [2.45, 2.75) is 26.9 Å². The van der Waals surface area contributed by atoms with Crippen molar-refractivity contribution in [3.05, 3.63) is 90.5 Å². The van der Waals surface area contributed by atoms with Crippen molar-refractivity contribution in [3.8, 4) is 5.75 Å². The van der Waals surface area contributed by atoms with E-state index in [1.807, 2.05) is 24.3 Å². The fourth-order valence-corrected chi connectivity index (χ4v) is 6.05. The molecule has 1 atom stereocenters. The van der Waals surface area contributed by atoms with Crippen LogP contribution in [0.5, 0.6) is 5.75 Å². The highest BCUT2D eigenvalue weighted by atomic mass is 28.3. The van der Waals surface area contributed by atoms with Crippen molar-refractivity contribution >= 4 is 26.7 Å². The Morgan fingerprint density at radius 3 is 1.66 bits per heavy atom. The third-order valence-corrected chi connectivity index (χ3v) is 7.21. The van der Waals surface area contributed by atoms with E-state index in [0.29, 0.717) is 5.75 Å². The molecule has 0 radical (unpaired) electrons. The molecule has 2 N–H and O–H groups in total. The summed E-state index contributed by atoms with van der Waals surface area (Å²) < 4.78 is 11.8. The van der Waals surface area contributed by atoms with Gasteiger partial charge in [0.2, 0.25) is 9.04 Å². The molecule has 29 heavy (non-hydrogen) atoms. The quantitative estimate of drug-likeness (QED) is 0.593. The summed E-state index contributed by atoms with van der Waals surface area (Å²) in [4.78, 5) is 0. The van der Waals surface area contributed by atoms with Gasteiger partial charge >= 0.3 is 7.32 Å². The normalized spacial score (nSPS) is 12.6. The second kappa shape index (κ2) is 9.41. The van der Waals surface area contributed by atoms with Gasteiger partial charge in [-0.2, -0.15) is 0 Å². The zero-order valence-electron chi connectivity index (χ0n) is 17.0. The monoisotopic (exact) mass is 406 g/mol. The summed E-state index contributed by atoms with van der Waals surface area (Å²) in [5.74, 6) is 0.399. The van der Waals surface area contributed by atoms with Gasteiger partial charge in [-0.15, -0.1) is 0 Å². The standard InChI is InChI=1S/C23H27BO4Si/c1-23(2,3)22(18-14-16-19(17-15-18)27-24(25)26)28-29(20-10-6-4-7-11-20)21-12-8-5-9-13-21/h4-17,22,25-26,29H,1-3H3. The van der Waals surface area contributed by atoms with E-state index < -0.39 is 16.4 Å². The largest absolute Gasteiger partial charge is 0.707 e. The molecule has 3 aromatic carbocycles. The fraction of sp³-hybridized carbons (Fsp3) is 0.217. The molecule has 0 aromatic heterocycles. The van der Waals surface area contributed by atoms with Crippen LogP contribution in [-0.2, 0) is 4.43 Å². The van der Waals surface area contributed by atoms with E-state index >= 15 is 0 Å². The van der Waals surface area contributed by atoms with E-state index in [0.717, 1.165) is 5.56 Å². The molecular weight excluding hydrogens is 379 g/mol. The van der Waals surface area contributed by atoms with Gasteiger partial charge in [0.1, 0.15) is 5.75 Å². The number of rotatable bonds is 7. The lowest BCUT2D eigenvalue weighted by atomic mass is 9.85. The maximum absolute atomic E-state index is 9.00. The summed E-state index contributed by atoms with van der Waals surface area (Å²) in [6.45, 7) is 6.50. The Kier molecular flexibility index (Phi) is 6.92. The molecule has 0 bridgehead atoms. The summed E-state index contributed by atoms with van der Waals surface area (Å²) >= 11 is 0. The predicted molar refractivity (Wildman–Crippen MR) is 120 cm³/mol. The Hall–Kier alpha value is -2.38. The van der Waals surface area contributed by atoms with Gasteiger partial charge in [-0.05, 0) is 33.5 Å². The van der Waals surface area contributed by atoms with Crippen molar-refractivity contribution in [3.63, 3.8) is 0 Å². The van der Waals surface area contributed by atoms with Gasteiger partial charge < -0.3 is 19.1 Å². The second-order valence-corrected chi connectivity index (χ2v) is 10.5. The average molecular weight is 406 g/mol. The minimum atomic E-state index is -1.92. The van der Waals surface area contributed by atoms with Gasteiger partial charge in [-0.25, -0.2) is 0 Å². The third-order valence-electron chi connectivity index (χ3n) is 4.69. The summed E-state index contributed by atoms with van der Waals surface area (Å²) in [5, 5.41) is 20.5. The van der Waals surface area contributed by atoms with Gasteiger partial charge in [-0.3, -0.25) is 0 Å². The predicted octanol–water partition coefficient (Wildman–Crippen LogP) is 2.68. The van der Waals surface area contributed by atoms with Crippen LogP contribution in [0.3, 0.4) is 0 Å². The topological polar surface area (TPSA) is 58.9 Å². The summed E-state index contributed by atoms with van der Waals surface area (Å²) in [6.07, 6.45) is -0.132. The van der Waals surface area contributed by atoms with E-state index in [9.17, 15) is 0 Å². The third kappa shape index (κ3) is 5.81. The lowest BCUT2D eigenvalue weighted by Gasteiger charge is -2.35. The van der Waals surface area contributed by atoms with Crippen molar-refractivity contribution in [1.29, 1.82) is 0 Å². The van der Waals surface area contributed by atoms with Crippen molar-refractivity contribution in [2.75, 3.05) is 0 Å². The number of hydrogen-bond acceptors (Lipinski definition) is 4. The fourth-order valence-electron chi connectivity index (χ4n) is 3.37. The maximum atomic E-state index is 9.00. The molecule has 4 nitrogen and oxygen atoms in total. The van der Waals surface area contributed by atoms with Crippen molar-refractivity contribution in [2.24, 2.45) is 5.41 Å². The van der Waals surface area contributed by atoms with Gasteiger partial charge in [-0.1, -0.05) is 93.6 Å². The molecule has 0 saturated heterocycles. The smallest absolute Gasteiger partial charge is 0.512 e. The van der Waals surface area contributed by atoms with E-state index in [1.54, 1.807) is 12.1 Å². The van der Waals surface area contributed by atoms with Crippen LogP contribution in [0.15, 0.2) is 84.9 Å². The van der Waals surface area contributed by atoms with Crippen LogP contribution in [0, 0.1) is 5.41 Å². The van der Waals surface area contributed by atoms with Gasteiger partial charge in [0.05, 0.1) is 6.10 Å². The lowest BCUT2D eigenvalue weighted by molar-refractivity contribution is 0.0896. The van der Waals surface area contributed by atoms with Crippen molar-refractivity contribution in [1.82, 2.24) is 0 Å². The first-order valence-electron chi connectivity index (χ1n) is 9.73. The first kappa shape index (κ1) is 21.3. The van der Waals surface area contributed by atoms with Crippen LogP contribution in [0.2, 0.25) is 0 Å². The van der Waals surface area contributed by atoms with Crippen molar-refractivity contribution < 1.29 is 19.1 Å². The molecule has 0 amide bonds. The molecular formula is C23H27BO4Si. The Balaban J connectivity index is 1.95. The molecule has 0 aliphatic carbocycles. The maximum Gasteiger partial charge on any atom is 0.707 e. The van der Waals surface area contributed by atoms with Crippen LogP contribution >= 0.6 is 0 Å². The summed E-state index contributed by atoms with van der Waals surface area (Å²) in [7, 11) is -3.76. The van der Waals surface area contributed by atoms with Crippen LogP contribution in [0.25, 0.3) is 0 Å². The van der Waals surface area contributed by atoms with Crippen LogP contribution in [0.4, 0.5) is 0 Å². The SMILES string of the molecule is CC(C)(C)C(O[SiH](c1ccccc1)c1ccccc1)c1ccc(OB(O)O)cc1. The average Bonchev–Trinajstić information content (AvgIpc) is 2.69. The molecule has 1 unspecified atom stereocenters. The summed E-state index contributed by atoms with van der Waals surface area (Å²) in [5.41, 5.74) is 0.898. The molecule has 3 aromatic rings. The molecule has 0 aliphatic heterocycles. The molecule has 0 saturated carbocycles. The molecule has 150 valence electrons. The van der Waals surface area contributed by atoms with Gasteiger partial charge in [0.15, 0.2) is 0 Å². The number of benzene rings is 3. The highest BCUT2D eigenvalue weighted by molar-refractivity contribution is 6.80. The molecule has 0 heterocycles. The van der Waals surface area contributed by atoms with E-state index in [-0.39, 0.29) is 11.5 Å². The van der Waals surface area contributed by atoms with Gasteiger partial charge in [0, 0.05) is 0 Å². The van der Waals surface area contributed by atoms with E-state index in [1.165, 1.54) is 10.4 Å². The highest BCUT2D eigenvalue weighted by Gasteiger charge is 2.32. The van der Waals surface area contributed by atoms with Crippen LogP contribution < -0.4 is 15.0 Å². The summed E-state index contributed by atoms with van der Waals surface area (Å²) in [6, 6.07) is 28.2. The van der Waals surface area contributed by atoms with Crippen LogP contribution in [0.1, 0.15) is 32.4 Å². The zero-order chi connectivity index (χ0) is 20.9. The molecule has 6 heteroatoms. The molecule has 0 fully saturated rings. The Morgan fingerprint density at radius 1 is 0.759 bits per heavy atom. The van der Waals surface area contributed by atoms with Crippen LogP contribution in [-0.4, -0.2) is 26.4 Å². The first-order valence-corrected chi connectivity index (χ1v) is 11.4. The minimum absolute atomic E-state index is 0.131. The molecule has 3 rings (SSSR count). The van der Waals surface area contributed by atoms with E-state index in [4.69, 9.17) is 19.1 Å². The van der Waals surface area contributed by atoms with Gasteiger partial charge in [0.25, 0.3) is 0 Å². The molecule has 0 aliphatic rings. The van der Waals surface area contributed by atoms with E-state index in [2.05, 4.69) is 69.3 Å².